The molecule has 1 nitrogen and oxygen atoms in total. The van der Waals surface area contributed by atoms with Crippen LogP contribution in [0.4, 0.5) is 0 Å². The molecule has 2 fully saturated rings. The maximum Gasteiger partial charge on any atom is 0.143 e. The molecule has 4 aliphatic carbocycles. The summed E-state index contributed by atoms with van der Waals surface area (Å²) >= 11 is 0. The fourth-order valence-electron chi connectivity index (χ4n) is 5.06. The SMILES string of the molecule is CC12CCC(C(C3C4=CC=C3C=C4)C1=O)C2(C)C. The van der Waals surface area contributed by atoms with E-state index in [2.05, 4.69) is 45.1 Å². The standard InChI is InChI=1S/C17H20O/c1-16(2)12-8-9-17(16,3)15(18)14(12)13-10-4-5-11(13)7-6-10/h4-7,12-14H,8-9H2,1-3H3. The molecule has 18 heavy (non-hydrogen) atoms. The number of fused-ring (bicyclic) bond motifs is 4. The highest BCUT2D eigenvalue weighted by Crippen LogP contribution is 2.68. The van der Waals surface area contributed by atoms with Crippen molar-refractivity contribution in [3.05, 3.63) is 35.5 Å². The van der Waals surface area contributed by atoms with E-state index in [1.54, 1.807) is 0 Å². The van der Waals surface area contributed by atoms with E-state index < -0.39 is 0 Å². The van der Waals surface area contributed by atoms with E-state index in [0.717, 1.165) is 6.42 Å². The summed E-state index contributed by atoms with van der Waals surface area (Å²) in [6.07, 6.45) is 11.1. The van der Waals surface area contributed by atoms with Crippen LogP contribution in [0.3, 0.4) is 0 Å². The molecule has 0 amide bonds. The van der Waals surface area contributed by atoms with E-state index >= 15 is 0 Å². The van der Waals surface area contributed by atoms with Crippen LogP contribution in [0.2, 0.25) is 0 Å². The monoisotopic (exact) mass is 240 g/mol. The maximum atomic E-state index is 12.9. The summed E-state index contributed by atoms with van der Waals surface area (Å²) in [6.45, 7) is 6.84. The van der Waals surface area contributed by atoms with Gasteiger partial charge in [-0.05, 0) is 35.3 Å². The normalized spacial score (nSPS) is 43.8. The number of Topliss-reactive ketones (excluding diaryl/α,β-unsaturated/α-hetero) is 1. The van der Waals surface area contributed by atoms with Crippen molar-refractivity contribution in [1.29, 1.82) is 0 Å². The molecule has 0 aromatic rings. The Morgan fingerprint density at radius 1 is 1.11 bits per heavy atom. The minimum absolute atomic E-state index is 0.0779. The van der Waals surface area contributed by atoms with Crippen LogP contribution in [0.5, 0.6) is 0 Å². The Kier molecular flexibility index (Phi) is 1.73. The van der Waals surface area contributed by atoms with Crippen LogP contribution in [0, 0.1) is 28.6 Å². The highest BCUT2D eigenvalue weighted by Gasteiger charge is 2.67. The highest BCUT2D eigenvalue weighted by molar-refractivity contribution is 5.93. The van der Waals surface area contributed by atoms with Gasteiger partial charge in [-0.25, -0.2) is 0 Å². The van der Waals surface area contributed by atoms with Crippen molar-refractivity contribution in [2.75, 3.05) is 0 Å². The van der Waals surface area contributed by atoms with Gasteiger partial charge in [-0.3, -0.25) is 4.79 Å². The van der Waals surface area contributed by atoms with E-state index in [-0.39, 0.29) is 16.7 Å². The number of ketones is 1. The summed E-state index contributed by atoms with van der Waals surface area (Å²) in [4.78, 5) is 12.9. The average Bonchev–Trinajstić information content (AvgIpc) is 3.00. The Hall–Kier alpha value is -1.11. The van der Waals surface area contributed by atoms with Crippen molar-refractivity contribution in [3.8, 4) is 0 Å². The molecular weight excluding hydrogens is 220 g/mol. The third-order valence-electron chi connectivity index (χ3n) is 6.60. The van der Waals surface area contributed by atoms with Gasteiger partial charge < -0.3 is 0 Å². The molecule has 2 saturated carbocycles. The molecule has 0 aromatic carbocycles. The minimum atomic E-state index is -0.0779. The Balaban J connectivity index is 1.80. The van der Waals surface area contributed by atoms with Gasteiger partial charge in [0, 0.05) is 17.3 Å². The van der Waals surface area contributed by atoms with Gasteiger partial charge in [-0.2, -0.15) is 0 Å². The van der Waals surface area contributed by atoms with Gasteiger partial charge in [0.25, 0.3) is 0 Å². The molecular formula is C17H20O. The van der Waals surface area contributed by atoms with Gasteiger partial charge in [-0.1, -0.05) is 45.1 Å². The molecule has 4 rings (SSSR count). The molecule has 3 atom stereocenters. The van der Waals surface area contributed by atoms with Crippen LogP contribution in [0.15, 0.2) is 35.5 Å². The first-order valence-electron chi connectivity index (χ1n) is 7.11. The zero-order valence-electron chi connectivity index (χ0n) is 11.4. The van der Waals surface area contributed by atoms with Crippen LogP contribution in [-0.2, 0) is 4.79 Å². The Morgan fingerprint density at radius 2 is 1.72 bits per heavy atom. The third kappa shape index (κ3) is 0.920. The summed E-state index contributed by atoms with van der Waals surface area (Å²) in [7, 11) is 0. The second-order valence-corrected chi connectivity index (χ2v) is 7.23. The fraction of sp³-hybridized carbons (Fsp3) is 0.588. The number of carbonyl (C=O) groups excluding carboxylic acids is 1. The maximum absolute atomic E-state index is 12.9. The molecule has 3 unspecified atom stereocenters. The van der Waals surface area contributed by atoms with E-state index in [1.807, 2.05) is 0 Å². The average molecular weight is 240 g/mol. The topological polar surface area (TPSA) is 17.1 Å². The summed E-state index contributed by atoms with van der Waals surface area (Å²) in [5, 5.41) is 0. The molecule has 0 heterocycles. The molecule has 4 aliphatic rings. The van der Waals surface area contributed by atoms with Crippen molar-refractivity contribution in [2.24, 2.45) is 28.6 Å². The smallest absolute Gasteiger partial charge is 0.143 e. The first-order valence-corrected chi connectivity index (χ1v) is 7.11. The summed E-state index contributed by atoms with van der Waals surface area (Å²) in [6, 6.07) is 0. The summed E-state index contributed by atoms with van der Waals surface area (Å²) in [5.74, 6) is 1.75. The molecule has 0 aromatic heterocycles. The van der Waals surface area contributed by atoms with Gasteiger partial charge >= 0.3 is 0 Å². The third-order valence-corrected chi connectivity index (χ3v) is 6.60. The van der Waals surface area contributed by atoms with Crippen LogP contribution >= 0.6 is 0 Å². The first kappa shape index (κ1) is 10.8. The van der Waals surface area contributed by atoms with Crippen LogP contribution in [-0.4, -0.2) is 5.78 Å². The molecule has 1 heteroatoms. The van der Waals surface area contributed by atoms with E-state index in [9.17, 15) is 4.79 Å². The van der Waals surface area contributed by atoms with Crippen molar-refractivity contribution < 1.29 is 4.79 Å². The largest absolute Gasteiger partial charge is 0.299 e. The van der Waals surface area contributed by atoms with Crippen molar-refractivity contribution in [1.82, 2.24) is 0 Å². The van der Waals surface area contributed by atoms with Gasteiger partial charge in [0.05, 0.1) is 0 Å². The number of carbonyl (C=O) groups is 1. The van der Waals surface area contributed by atoms with E-state index in [0.29, 0.717) is 17.6 Å². The van der Waals surface area contributed by atoms with Crippen LogP contribution in [0.1, 0.15) is 33.6 Å². The number of rotatable bonds is 1. The second-order valence-electron chi connectivity index (χ2n) is 7.23. The van der Waals surface area contributed by atoms with Crippen molar-refractivity contribution in [2.45, 2.75) is 33.6 Å². The second kappa shape index (κ2) is 2.89. The van der Waals surface area contributed by atoms with Crippen LogP contribution in [0.25, 0.3) is 0 Å². The van der Waals surface area contributed by atoms with Gasteiger partial charge in [0.1, 0.15) is 5.78 Å². The van der Waals surface area contributed by atoms with Gasteiger partial charge in [-0.15, -0.1) is 0 Å². The quantitative estimate of drug-likeness (QED) is 0.683. The summed E-state index contributed by atoms with van der Waals surface area (Å²) in [5.41, 5.74) is 2.84. The lowest BCUT2D eigenvalue weighted by Gasteiger charge is -2.32. The van der Waals surface area contributed by atoms with Crippen molar-refractivity contribution >= 4 is 5.78 Å². The summed E-state index contributed by atoms with van der Waals surface area (Å²) < 4.78 is 0. The minimum Gasteiger partial charge on any atom is -0.299 e. The predicted molar refractivity (Wildman–Crippen MR) is 71.9 cm³/mol. The number of allylic oxidation sites excluding steroid dienone is 6. The molecule has 0 spiro atoms. The molecule has 0 N–H and O–H groups in total. The fourth-order valence-corrected chi connectivity index (χ4v) is 5.06. The van der Waals surface area contributed by atoms with E-state index in [4.69, 9.17) is 0 Å². The first-order chi connectivity index (χ1) is 8.47. The lowest BCUT2D eigenvalue weighted by molar-refractivity contribution is -0.132. The lowest BCUT2D eigenvalue weighted by Crippen LogP contribution is -2.35. The lowest BCUT2D eigenvalue weighted by atomic mass is 9.70. The molecule has 94 valence electrons. The van der Waals surface area contributed by atoms with Gasteiger partial charge in [0.15, 0.2) is 0 Å². The molecule has 0 aliphatic heterocycles. The molecule has 0 saturated heterocycles. The van der Waals surface area contributed by atoms with Crippen molar-refractivity contribution in [3.63, 3.8) is 0 Å². The Morgan fingerprint density at radius 3 is 2.17 bits per heavy atom. The Bertz CT molecular complexity index is 524. The number of hydrogen-bond acceptors (Lipinski definition) is 1. The zero-order valence-corrected chi connectivity index (χ0v) is 11.4. The number of hydrogen-bond donors (Lipinski definition) is 0. The zero-order chi connectivity index (χ0) is 12.7. The van der Waals surface area contributed by atoms with Gasteiger partial charge in [0.2, 0.25) is 0 Å². The van der Waals surface area contributed by atoms with Crippen LogP contribution < -0.4 is 0 Å². The highest BCUT2D eigenvalue weighted by atomic mass is 16.1. The molecule has 0 radical (unpaired) electrons. The predicted octanol–water partition coefficient (Wildman–Crippen LogP) is 3.68. The Labute approximate surface area is 109 Å². The molecule has 4 bridgehead atoms. The van der Waals surface area contributed by atoms with E-state index in [1.165, 1.54) is 17.6 Å².